The Morgan fingerprint density at radius 3 is 2.53 bits per heavy atom. The zero-order valence-electron chi connectivity index (χ0n) is 26.9. The predicted octanol–water partition coefficient (Wildman–Crippen LogP) is 6.21. The number of allylic oxidation sites excluding steroid dienone is 3. The van der Waals surface area contributed by atoms with Crippen LogP contribution in [0.1, 0.15) is 76.1 Å². The van der Waals surface area contributed by atoms with Gasteiger partial charge in [-0.2, -0.15) is 8.78 Å². The van der Waals surface area contributed by atoms with Gasteiger partial charge in [-0.25, -0.2) is 10.4 Å². The molecule has 3 aliphatic heterocycles. The zero-order valence-corrected chi connectivity index (χ0v) is 26.9. The van der Waals surface area contributed by atoms with Crippen molar-refractivity contribution < 1.29 is 18.7 Å². The molecule has 1 saturated heterocycles. The number of carbonyl (C=O) groups excluding carboxylic acids is 1. The summed E-state index contributed by atoms with van der Waals surface area (Å²) in [6, 6.07) is 13.2. The van der Waals surface area contributed by atoms with Gasteiger partial charge in [0.05, 0.1) is 17.4 Å². The molecular formula is C35H46F2N6O2. The summed E-state index contributed by atoms with van der Waals surface area (Å²) < 4.78 is 29.7. The third kappa shape index (κ3) is 7.50. The molecule has 3 heterocycles. The molecule has 4 N–H and O–H groups in total. The van der Waals surface area contributed by atoms with Crippen LogP contribution in [0.3, 0.4) is 0 Å². The van der Waals surface area contributed by atoms with Crippen LogP contribution in [0.4, 0.5) is 14.5 Å². The first-order valence-electron chi connectivity index (χ1n) is 15.6. The number of aliphatic hydroxyl groups excluding tert-OH is 1. The number of benzene rings is 2. The largest absolute Gasteiger partial charge is 0.400 e. The molecule has 5 rings (SSSR count). The van der Waals surface area contributed by atoms with E-state index in [2.05, 4.69) is 48.0 Å². The Bertz CT molecular complexity index is 1470. The summed E-state index contributed by atoms with van der Waals surface area (Å²) in [6.45, 7) is 9.66. The van der Waals surface area contributed by atoms with Crippen LogP contribution in [-0.2, 0) is 10.7 Å². The number of hydrogen-bond acceptors (Lipinski definition) is 8. The standard InChI is InChI=1S/C34H42F2N6O.CH4O/c1-22(2)32-24(4)42(30-13-14-31(39-23(30)3)41-17-15-25(20-41)16-18-43)40-33(32)27-11-8-12-29(37)28(27)19-38-21-34(35,36)26-9-6-5-7-10-26;1-2/h5-12,18-19,22,25,33,40H,13-17,20-21,37H2,1-4H3;2H,1H3. The SMILES string of the molecule is CC1=C(N2NC(c3cccc(N)c3C=NCC(F)(F)c3ccccc3)C(C(C)C)=C2C)CCC(N2CCC(CC=O)C2)=N1.CO. The number of alkyl halides is 2. The van der Waals surface area contributed by atoms with Gasteiger partial charge in [0.25, 0.3) is 5.92 Å². The number of anilines is 1. The molecule has 0 aromatic heterocycles. The van der Waals surface area contributed by atoms with E-state index in [1.54, 1.807) is 24.3 Å². The summed E-state index contributed by atoms with van der Waals surface area (Å²) in [7, 11) is 1.00. The van der Waals surface area contributed by atoms with Crippen LogP contribution in [-0.4, -0.2) is 60.1 Å². The molecule has 242 valence electrons. The van der Waals surface area contributed by atoms with E-state index in [0.29, 0.717) is 23.6 Å². The summed E-state index contributed by atoms with van der Waals surface area (Å²) in [5, 5.41) is 9.16. The van der Waals surface area contributed by atoms with Gasteiger partial charge in [0.15, 0.2) is 0 Å². The van der Waals surface area contributed by atoms with E-state index in [4.69, 9.17) is 15.8 Å². The quantitative estimate of drug-likeness (QED) is 0.175. The molecule has 2 aromatic rings. The van der Waals surface area contributed by atoms with Gasteiger partial charge in [0.1, 0.15) is 18.7 Å². The van der Waals surface area contributed by atoms with E-state index < -0.39 is 12.5 Å². The fraction of sp³-hybridized carbons (Fsp3) is 0.457. The molecule has 10 heteroatoms. The number of aliphatic hydroxyl groups is 1. The van der Waals surface area contributed by atoms with Crippen LogP contribution >= 0.6 is 0 Å². The zero-order chi connectivity index (χ0) is 32.7. The summed E-state index contributed by atoms with van der Waals surface area (Å²) in [4.78, 5) is 22.5. The first-order valence-corrected chi connectivity index (χ1v) is 15.6. The molecule has 0 saturated carbocycles. The molecule has 0 radical (unpaired) electrons. The number of nitrogens with two attached hydrogens (primary N) is 1. The Morgan fingerprint density at radius 1 is 1.13 bits per heavy atom. The lowest BCUT2D eigenvalue weighted by Crippen LogP contribution is -2.36. The first kappa shape index (κ1) is 34.0. The minimum absolute atomic E-state index is 0.0605. The van der Waals surface area contributed by atoms with E-state index >= 15 is 0 Å². The molecular weight excluding hydrogens is 574 g/mol. The van der Waals surface area contributed by atoms with E-state index in [9.17, 15) is 13.6 Å². The lowest BCUT2D eigenvalue weighted by atomic mass is 9.88. The first-order chi connectivity index (χ1) is 21.6. The highest BCUT2D eigenvalue weighted by Crippen LogP contribution is 2.42. The monoisotopic (exact) mass is 620 g/mol. The second kappa shape index (κ2) is 14.9. The van der Waals surface area contributed by atoms with Crippen molar-refractivity contribution in [2.24, 2.45) is 21.8 Å². The van der Waals surface area contributed by atoms with Crippen molar-refractivity contribution in [1.82, 2.24) is 15.3 Å². The number of nitrogens with zero attached hydrogens (tertiary/aromatic N) is 4. The van der Waals surface area contributed by atoms with Crippen molar-refractivity contribution in [2.75, 3.05) is 32.5 Å². The van der Waals surface area contributed by atoms with Gasteiger partial charge >= 0.3 is 0 Å². The fourth-order valence-corrected chi connectivity index (χ4v) is 6.55. The minimum Gasteiger partial charge on any atom is -0.400 e. The Kier molecular flexibility index (Phi) is 11.3. The van der Waals surface area contributed by atoms with Gasteiger partial charge in [-0.05, 0) is 55.7 Å². The summed E-state index contributed by atoms with van der Waals surface area (Å²) in [5.74, 6) is -1.36. The highest BCUT2D eigenvalue weighted by atomic mass is 19.3. The molecule has 8 nitrogen and oxygen atoms in total. The number of likely N-dealkylation sites (tertiary alicyclic amines) is 1. The summed E-state index contributed by atoms with van der Waals surface area (Å²) >= 11 is 0. The maximum atomic E-state index is 14.8. The van der Waals surface area contributed by atoms with Gasteiger partial charge < -0.3 is 20.5 Å². The normalized spacial score (nSPS) is 20.7. The van der Waals surface area contributed by atoms with Gasteiger partial charge in [0, 0.05) is 61.8 Å². The van der Waals surface area contributed by atoms with E-state index in [0.717, 1.165) is 74.2 Å². The average molecular weight is 621 g/mol. The molecule has 0 aliphatic carbocycles. The summed E-state index contributed by atoms with van der Waals surface area (Å²) in [5.41, 5.74) is 16.5. The van der Waals surface area contributed by atoms with Gasteiger partial charge in [-0.3, -0.25) is 10.0 Å². The van der Waals surface area contributed by atoms with Gasteiger partial charge in [0.2, 0.25) is 0 Å². The van der Waals surface area contributed by atoms with Crippen molar-refractivity contribution in [3.8, 4) is 0 Å². The third-order valence-corrected chi connectivity index (χ3v) is 8.79. The van der Waals surface area contributed by atoms with Crippen LogP contribution in [0.5, 0.6) is 0 Å². The number of aliphatic imine (C=N–C) groups is 2. The van der Waals surface area contributed by atoms with Crippen LogP contribution in [0, 0.1) is 11.8 Å². The van der Waals surface area contributed by atoms with Crippen LogP contribution < -0.4 is 11.2 Å². The number of halogens is 2. The molecule has 2 atom stereocenters. The molecule has 2 aromatic carbocycles. The van der Waals surface area contributed by atoms with Crippen molar-refractivity contribution in [2.45, 2.75) is 65.3 Å². The molecule has 0 amide bonds. The maximum absolute atomic E-state index is 14.8. The number of nitrogen functional groups attached to an aromatic ring is 1. The van der Waals surface area contributed by atoms with Crippen LogP contribution in [0.25, 0.3) is 0 Å². The number of hydrazine groups is 1. The molecule has 0 bridgehead atoms. The number of aldehydes is 1. The molecule has 0 spiro atoms. The smallest absolute Gasteiger partial charge is 0.292 e. The lowest BCUT2D eigenvalue weighted by Gasteiger charge is -2.31. The molecule has 3 aliphatic rings. The van der Waals surface area contributed by atoms with Crippen molar-refractivity contribution in [3.05, 3.63) is 87.9 Å². The highest BCUT2D eigenvalue weighted by Gasteiger charge is 2.37. The molecule has 2 unspecified atom stereocenters. The Labute approximate surface area is 265 Å². The van der Waals surface area contributed by atoms with E-state index in [1.807, 2.05) is 12.1 Å². The second-order valence-electron chi connectivity index (χ2n) is 12.0. The Morgan fingerprint density at radius 2 is 1.87 bits per heavy atom. The maximum Gasteiger partial charge on any atom is 0.292 e. The predicted molar refractivity (Wildman–Crippen MR) is 177 cm³/mol. The molecule has 1 fully saturated rings. The average Bonchev–Trinajstić information content (AvgIpc) is 3.64. The van der Waals surface area contributed by atoms with Crippen LogP contribution in [0.15, 0.2) is 81.2 Å². The van der Waals surface area contributed by atoms with Crippen molar-refractivity contribution >= 4 is 24.0 Å². The number of amidine groups is 1. The number of nitrogens with one attached hydrogen (secondary N) is 1. The topological polar surface area (TPSA) is 107 Å². The van der Waals surface area contributed by atoms with E-state index in [1.165, 1.54) is 23.9 Å². The van der Waals surface area contributed by atoms with Crippen molar-refractivity contribution in [1.29, 1.82) is 0 Å². The highest BCUT2D eigenvalue weighted by molar-refractivity contribution is 5.89. The van der Waals surface area contributed by atoms with Crippen LogP contribution in [0.2, 0.25) is 0 Å². The summed E-state index contributed by atoms with van der Waals surface area (Å²) in [6.07, 6.45) is 5.82. The fourth-order valence-electron chi connectivity index (χ4n) is 6.55. The Balaban J connectivity index is 0.00000226. The van der Waals surface area contributed by atoms with Gasteiger partial charge in [-0.15, -0.1) is 0 Å². The number of carbonyl (C=O) groups is 1. The van der Waals surface area contributed by atoms with E-state index in [-0.39, 0.29) is 17.5 Å². The van der Waals surface area contributed by atoms with Crippen molar-refractivity contribution in [3.63, 3.8) is 0 Å². The lowest BCUT2D eigenvalue weighted by molar-refractivity contribution is -0.108. The molecule has 45 heavy (non-hydrogen) atoms. The number of rotatable bonds is 9. The third-order valence-electron chi connectivity index (χ3n) is 8.79. The Hall–Kier alpha value is -3.89. The second-order valence-corrected chi connectivity index (χ2v) is 12.0. The number of hydrogen-bond donors (Lipinski definition) is 3. The minimum atomic E-state index is -3.09. The van der Waals surface area contributed by atoms with Gasteiger partial charge in [-0.1, -0.05) is 56.3 Å².